The predicted octanol–water partition coefficient (Wildman–Crippen LogP) is 4.48. The number of hydrogen-bond acceptors (Lipinski definition) is 3. The van der Waals surface area contributed by atoms with Crippen molar-refractivity contribution in [3.8, 4) is 28.4 Å². The molecule has 0 fully saturated rings. The van der Waals surface area contributed by atoms with Gasteiger partial charge in [0.05, 0.1) is 12.7 Å². The zero-order chi connectivity index (χ0) is 14.7. The van der Waals surface area contributed by atoms with Crippen molar-refractivity contribution >= 4 is 12.2 Å². The van der Waals surface area contributed by atoms with E-state index in [4.69, 9.17) is 17.0 Å². The third-order valence-corrected chi connectivity index (χ3v) is 3.40. The van der Waals surface area contributed by atoms with E-state index in [0.29, 0.717) is 10.5 Å². The van der Waals surface area contributed by atoms with Crippen LogP contribution in [-0.2, 0) is 0 Å². The standard InChI is InChI=1S/C17H14N2OS/c1-20-15-10-6-5-9-13(15)17-18-14(11-16(21)19-17)12-7-3-2-4-8-12/h2-11H,1H3,(H,18,19,21). The molecule has 1 N–H and O–H groups in total. The van der Waals surface area contributed by atoms with E-state index >= 15 is 0 Å². The summed E-state index contributed by atoms with van der Waals surface area (Å²) in [5.74, 6) is 1.47. The van der Waals surface area contributed by atoms with E-state index in [1.807, 2.05) is 60.7 Å². The van der Waals surface area contributed by atoms with Crippen molar-refractivity contribution in [2.24, 2.45) is 0 Å². The molecule has 3 rings (SSSR count). The summed E-state index contributed by atoms with van der Waals surface area (Å²) in [6.45, 7) is 0. The molecule has 0 aliphatic heterocycles. The first kappa shape index (κ1) is 13.5. The molecule has 3 aromatic rings. The van der Waals surface area contributed by atoms with Crippen LogP contribution in [0.15, 0.2) is 60.7 Å². The van der Waals surface area contributed by atoms with Crippen molar-refractivity contribution in [2.75, 3.05) is 7.11 Å². The maximum atomic E-state index is 5.39. The normalized spacial score (nSPS) is 10.3. The van der Waals surface area contributed by atoms with Gasteiger partial charge < -0.3 is 9.72 Å². The van der Waals surface area contributed by atoms with Gasteiger partial charge in [-0.05, 0) is 23.8 Å². The number of H-pyrrole nitrogens is 1. The number of hydrogen-bond donors (Lipinski definition) is 1. The Morgan fingerprint density at radius 2 is 1.71 bits per heavy atom. The molecule has 2 aromatic carbocycles. The van der Waals surface area contributed by atoms with Crippen LogP contribution in [0.1, 0.15) is 0 Å². The largest absolute Gasteiger partial charge is 0.496 e. The SMILES string of the molecule is COc1ccccc1-c1nc(=S)cc(-c2ccccc2)[nH]1. The summed E-state index contributed by atoms with van der Waals surface area (Å²) in [6, 6.07) is 19.7. The molecular formula is C17H14N2OS. The fourth-order valence-electron chi connectivity index (χ4n) is 2.20. The van der Waals surface area contributed by atoms with Gasteiger partial charge in [0.25, 0.3) is 0 Å². The van der Waals surface area contributed by atoms with Crippen LogP contribution in [0.3, 0.4) is 0 Å². The van der Waals surface area contributed by atoms with Gasteiger partial charge in [-0.3, -0.25) is 0 Å². The summed E-state index contributed by atoms with van der Waals surface area (Å²) < 4.78 is 5.94. The Balaban J connectivity index is 2.17. The maximum Gasteiger partial charge on any atom is 0.143 e. The van der Waals surface area contributed by atoms with E-state index in [9.17, 15) is 0 Å². The molecule has 0 spiro atoms. The second kappa shape index (κ2) is 5.89. The Hall–Kier alpha value is -2.46. The molecule has 0 aliphatic rings. The van der Waals surface area contributed by atoms with Gasteiger partial charge in [-0.1, -0.05) is 54.7 Å². The molecule has 104 valence electrons. The summed E-state index contributed by atoms with van der Waals surface area (Å²) in [5.41, 5.74) is 2.91. The second-order valence-electron chi connectivity index (χ2n) is 4.55. The Bertz CT molecular complexity index is 812. The molecule has 4 heteroatoms. The van der Waals surface area contributed by atoms with Crippen LogP contribution in [0.5, 0.6) is 5.75 Å². The van der Waals surface area contributed by atoms with Gasteiger partial charge in [0.15, 0.2) is 0 Å². The van der Waals surface area contributed by atoms with E-state index in [1.165, 1.54) is 0 Å². The molecule has 3 nitrogen and oxygen atoms in total. The van der Waals surface area contributed by atoms with Crippen LogP contribution in [0.2, 0.25) is 0 Å². The molecule has 0 radical (unpaired) electrons. The summed E-state index contributed by atoms with van der Waals surface area (Å²) in [7, 11) is 1.65. The van der Waals surface area contributed by atoms with Crippen LogP contribution in [-0.4, -0.2) is 17.1 Å². The summed E-state index contributed by atoms with van der Waals surface area (Å²) in [4.78, 5) is 7.75. The Labute approximate surface area is 128 Å². The van der Waals surface area contributed by atoms with Crippen LogP contribution in [0, 0.1) is 4.64 Å². The first-order valence-electron chi connectivity index (χ1n) is 6.58. The minimum Gasteiger partial charge on any atom is -0.496 e. The van der Waals surface area contributed by atoms with Crippen LogP contribution in [0.4, 0.5) is 0 Å². The summed E-state index contributed by atoms with van der Waals surface area (Å²) >= 11 is 5.29. The topological polar surface area (TPSA) is 37.9 Å². The van der Waals surface area contributed by atoms with E-state index in [0.717, 1.165) is 22.6 Å². The van der Waals surface area contributed by atoms with Crippen molar-refractivity contribution < 1.29 is 4.74 Å². The highest BCUT2D eigenvalue weighted by atomic mass is 32.1. The Kier molecular flexibility index (Phi) is 3.79. The smallest absolute Gasteiger partial charge is 0.143 e. The third-order valence-electron chi connectivity index (χ3n) is 3.19. The minimum atomic E-state index is 0.550. The molecule has 21 heavy (non-hydrogen) atoms. The van der Waals surface area contributed by atoms with Crippen molar-refractivity contribution in [1.82, 2.24) is 9.97 Å². The van der Waals surface area contributed by atoms with Crippen molar-refractivity contribution in [2.45, 2.75) is 0 Å². The number of aromatic nitrogens is 2. The lowest BCUT2D eigenvalue weighted by atomic mass is 10.1. The van der Waals surface area contributed by atoms with E-state index in [2.05, 4.69) is 9.97 Å². The lowest BCUT2D eigenvalue weighted by Gasteiger charge is -2.09. The van der Waals surface area contributed by atoms with E-state index in [-0.39, 0.29) is 0 Å². The number of nitrogens with one attached hydrogen (secondary N) is 1. The number of nitrogens with zero attached hydrogens (tertiary/aromatic N) is 1. The molecule has 0 aliphatic carbocycles. The predicted molar refractivity (Wildman–Crippen MR) is 86.8 cm³/mol. The Morgan fingerprint density at radius 3 is 2.48 bits per heavy atom. The number of ether oxygens (including phenoxy) is 1. The molecule has 0 atom stereocenters. The first-order chi connectivity index (χ1) is 10.3. The van der Waals surface area contributed by atoms with E-state index in [1.54, 1.807) is 7.11 Å². The van der Waals surface area contributed by atoms with Crippen molar-refractivity contribution in [3.05, 3.63) is 65.3 Å². The van der Waals surface area contributed by atoms with Gasteiger partial charge in [-0.25, -0.2) is 4.98 Å². The van der Waals surface area contributed by atoms with Crippen molar-refractivity contribution in [3.63, 3.8) is 0 Å². The highest BCUT2D eigenvalue weighted by Gasteiger charge is 2.08. The number of para-hydroxylation sites is 1. The van der Waals surface area contributed by atoms with Crippen LogP contribution >= 0.6 is 12.2 Å². The molecule has 0 bridgehead atoms. The number of methoxy groups -OCH3 is 1. The average molecular weight is 294 g/mol. The highest BCUT2D eigenvalue weighted by Crippen LogP contribution is 2.28. The molecule has 0 saturated carbocycles. The Morgan fingerprint density at radius 1 is 1.00 bits per heavy atom. The molecule has 0 unspecified atom stereocenters. The quantitative estimate of drug-likeness (QED) is 0.724. The summed E-state index contributed by atoms with van der Waals surface area (Å²) in [6.07, 6.45) is 0. The van der Waals surface area contributed by atoms with Gasteiger partial charge in [-0.2, -0.15) is 0 Å². The maximum absolute atomic E-state index is 5.39. The third kappa shape index (κ3) is 2.85. The molecular weight excluding hydrogens is 280 g/mol. The summed E-state index contributed by atoms with van der Waals surface area (Å²) in [5, 5.41) is 0. The van der Waals surface area contributed by atoms with Crippen molar-refractivity contribution in [1.29, 1.82) is 0 Å². The van der Waals surface area contributed by atoms with Gasteiger partial charge in [-0.15, -0.1) is 0 Å². The van der Waals surface area contributed by atoms with Gasteiger partial charge in [0, 0.05) is 5.69 Å². The lowest BCUT2D eigenvalue weighted by Crippen LogP contribution is -1.95. The minimum absolute atomic E-state index is 0.550. The molecule has 0 saturated heterocycles. The number of aromatic amines is 1. The molecule has 0 amide bonds. The average Bonchev–Trinajstić information content (AvgIpc) is 2.55. The van der Waals surface area contributed by atoms with Gasteiger partial charge in [0.1, 0.15) is 16.2 Å². The number of rotatable bonds is 3. The molecule has 1 aromatic heterocycles. The zero-order valence-corrected chi connectivity index (χ0v) is 12.4. The van der Waals surface area contributed by atoms with Gasteiger partial charge in [0.2, 0.25) is 0 Å². The number of benzene rings is 2. The fraction of sp³-hybridized carbons (Fsp3) is 0.0588. The highest BCUT2D eigenvalue weighted by molar-refractivity contribution is 7.71. The fourth-order valence-corrected chi connectivity index (χ4v) is 2.41. The van der Waals surface area contributed by atoms with Gasteiger partial charge >= 0.3 is 0 Å². The van der Waals surface area contributed by atoms with E-state index < -0.39 is 0 Å². The molecule has 1 heterocycles. The zero-order valence-electron chi connectivity index (χ0n) is 11.5. The van der Waals surface area contributed by atoms with Crippen LogP contribution < -0.4 is 4.74 Å². The first-order valence-corrected chi connectivity index (χ1v) is 6.99. The van der Waals surface area contributed by atoms with Crippen LogP contribution in [0.25, 0.3) is 22.6 Å². The monoisotopic (exact) mass is 294 g/mol. The lowest BCUT2D eigenvalue weighted by molar-refractivity contribution is 0.416. The second-order valence-corrected chi connectivity index (χ2v) is 4.97.